The van der Waals surface area contributed by atoms with Crippen molar-refractivity contribution in [3.63, 3.8) is 0 Å². The lowest BCUT2D eigenvalue weighted by Gasteiger charge is -2.16. The Labute approximate surface area is 99.5 Å². The van der Waals surface area contributed by atoms with Crippen LogP contribution in [0, 0.1) is 0 Å². The van der Waals surface area contributed by atoms with Gasteiger partial charge in [0.1, 0.15) is 0 Å². The third-order valence-electron chi connectivity index (χ3n) is 2.76. The summed E-state index contributed by atoms with van der Waals surface area (Å²) in [6.07, 6.45) is 3.48. The van der Waals surface area contributed by atoms with Crippen LogP contribution in [0.1, 0.15) is 30.9 Å². The molecule has 2 heteroatoms. The molecule has 1 aromatic carbocycles. The molecule has 0 amide bonds. The fourth-order valence-electron chi connectivity index (χ4n) is 1.85. The minimum absolute atomic E-state index is 0.778. The highest BCUT2D eigenvalue weighted by Crippen LogP contribution is 2.08. The Morgan fingerprint density at radius 3 is 2.31 bits per heavy atom. The minimum atomic E-state index is 0.778. The first-order valence-corrected chi connectivity index (χ1v) is 6.22. The van der Waals surface area contributed by atoms with Gasteiger partial charge < -0.3 is 10.6 Å². The molecule has 0 heterocycles. The zero-order valence-electron chi connectivity index (χ0n) is 10.6. The molecule has 0 bridgehead atoms. The third-order valence-corrected chi connectivity index (χ3v) is 2.76. The lowest BCUT2D eigenvalue weighted by atomic mass is 10.1. The number of hydrogen-bond donors (Lipinski definition) is 1. The van der Waals surface area contributed by atoms with Crippen molar-refractivity contribution in [3.05, 3.63) is 35.4 Å². The SMILES string of the molecule is CCCc1ccc(CN(C)CCCN)cc1. The van der Waals surface area contributed by atoms with Gasteiger partial charge in [0.05, 0.1) is 0 Å². The zero-order valence-corrected chi connectivity index (χ0v) is 10.6. The second kappa shape index (κ2) is 7.42. The average Bonchev–Trinajstić information content (AvgIpc) is 2.29. The normalized spacial score (nSPS) is 11.0. The molecule has 2 nitrogen and oxygen atoms in total. The molecule has 0 saturated heterocycles. The van der Waals surface area contributed by atoms with Crippen LogP contribution in [0.2, 0.25) is 0 Å². The maximum absolute atomic E-state index is 5.50. The molecule has 0 spiro atoms. The predicted octanol–water partition coefficient (Wildman–Crippen LogP) is 2.42. The Morgan fingerprint density at radius 2 is 1.75 bits per heavy atom. The predicted molar refractivity (Wildman–Crippen MR) is 70.4 cm³/mol. The van der Waals surface area contributed by atoms with E-state index in [1.54, 1.807) is 0 Å². The topological polar surface area (TPSA) is 29.3 Å². The van der Waals surface area contributed by atoms with Crippen molar-refractivity contribution in [2.24, 2.45) is 5.73 Å². The van der Waals surface area contributed by atoms with Gasteiger partial charge in [-0.25, -0.2) is 0 Å². The smallest absolute Gasteiger partial charge is 0.0230 e. The summed E-state index contributed by atoms with van der Waals surface area (Å²) in [5.74, 6) is 0. The van der Waals surface area contributed by atoms with Crippen LogP contribution < -0.4 is 5.73 Å². The van der Waals surface area contributed by atoms with Crippen LogP contribution in [0.3, 0.4) is 0 Å². The van der Waals surface area contributed by atoms with Gasteiger partial charge in [-0.15, -0.1) is 0 Å². The molecular formula is C14H24N2. The molecule has 0 aromatic heterocycles. The van der Waals surface area contributed by atoms with E-state index in [0.717, 1.165) is 26.1 Å². The number of aryl methyl sites for hydroxylation is 1. The summed E-state index contributed by atoms with van der Waals surface area (Å²) in [7, 11) is 2.15. The van der Waals surface area contributed by atoms with Crippen LogP contribution in [0.15, 0.2) is 24.3 Å². The van der Waals surface area contributed by atoms with Gasteiger partial charge in [0.2, 0.25) is 0 Å². The van der Waals surface area contributed by atoms with E-state index in [1.807, 2.05) is 0 Å². The summed E-state index contributed by atoms with van der Waals surface area (Å²) < 4.78 is 0. The van der Waals surface area contributed by atoms with E-state index >= 15 is 0 Å². The fourth-order valence-corrected chi connectivity index (χ4v) is 1.85. The lowest BCUT2D eigenvalue weighted by Crippen LogP contribution is -2.21. The van der Waals surface area contributed by atoms with Crippen molar-refractivity contribution in [3.8, 4) is 0 Å². The molecular weight excluding hydrogens is 196 g/mol. The van der Waals surface area contributed by atoms with Crippen molar-refractivity contribution in [2.45, 2.75) is 32.7 Å². The van der Waals surface area contributed by atoms with Crippen LogP contribution in [-0.4, -0.2) is 25.0 Å². The van der Waals surface area contributed by atoms with Crippen LogP contribution in [0.5, 0.6) is 0 Å². The summed E-state index contributed by atoms with van der Waals surface area (Å²) in [6.45, 7) is 5.09. The Bertz CT molecular complexity index is 279. The Morgan fingerprint density at radius 1 is 1.12 bits per heavy atom. The monoisotopic (exact) mass is 220 g/mol. The van der Waals surface area contributed by atoms with Crippen LogP contribution in [0.4, 0.5) is 0 Å². The maximum atomic E-state index is 5.50. The molecule has 16 heavy (non-hydrogen) atoms. The van der Waals surface area contributed by atoms with E-state index in [-0.39, 0.29) is 0 Å². The van der Waals surface area contributed by atoms with Gasteiger partial charge in [-0.1, -0.05) is 37.6 Å². The van der Waals surface area contributed by atoms with Crippen LogP contribution >= 0.6 is 0 Å². The van der Waals surface area contributed by atoms with Gasteiger partial charge in [-0.05, 0) is 44.1 Å². The molecule has 2 N–H and O–H groups in total. The Hall–Kier alpha value is -0.860. The minimum Gasteiger partial charge on any atom is -0.330 e. The van der Waals surface area contributed by atoms with Crippen molar-refractivity contribution in [1.82, 2.24) is 4.90 Å². The van der Waals surface area contributed by atoms with Gasteiger partial charge in [0.25, 0.3) is 0 Å². The molecule has 1 rings (SSSR count). The maximum Gasteiger partial charge on any atom is 0.0230 e. The summed E-state index contributed by atoms with van der Waals surface area (Å²) >= 11 is 0. The largest absolute Gasteiger partial charge is 0.330 e. The highest BCUT2D eigenvalue weighted by atomic mass is 15.1. The highest BCUT2D eigenvalue weighted by Gasteiger charge is 1.99. The molecule has 0 saturated carbocycles. The van der Waals surface area contributed by atoms with E-state index in [1.165, 1.54) is 24.0 Å². The van der Waals surface area contributed by atoms with E-state index in [4.69, 9.17) is 5.73 Å². The van der Waals surface area contributed by atoms with E-state index in [2.05, 4.69) is 43.1 Å². The van der Waals surface area contributed by atoms with Crippen LogP contribution in [0.25, 0.3) is 0 Å². The first-order chi connectivity index (χ1) is 7.76. The van der Waals surface area contributed by atoms with Gasteiger partial charge in [0, 0.05) is 6.54 Å². The summed E-state index contributed by atoms with van der Waals surface area (Å²) in [6, 6.07) is 8.97. The van der Waals surface area contributed by atoms with E-state index in [9.17, 15) is 0 Å². The molecule has 90 valence electrons. The summed E-state index contributed by atoms with van der Waals surface area (Å²) in [5, 5.41) is 0. The van der Waals surface area contributed by atoms with Gasteiger partial charge in [-0.2, -0.15) is 0 Å². The van der Waals surface area contributed by atoms with Crippen molar-refractivity contribution < 1.29 is 0 Å². The molecule has 0 unspecified atom stereocenters. The number of benzene rings is 1. The third kappa shape index (κ3) is 4.77. The number of hydrogen-bond acceptors (Lipinski definition) is 2. The Balaban J connectivity index is 2.41. The van der Waals surface area contributed by atoms with Gasteiger partial charge in [-0.3, -0.25) is 0 Å². The second-order valence-corrected chi connectivity index (χ2v) is 4.45. The molecule has 1 aromatic rings. The van der Waals surface area contributed by atoms with E-state index in [0.29, 0.717) is 0 Å². The van der Waals surface area contributed by atoms with Gasteiger partial charge in [0.15, 0.2) is 0 Å². The van der Waals surface area contributed by atoms with Crippen LogP contribution in [-0.2, 0) is 13.0 Å². The number of rotatable bonds is 7. The second-order valence-electron chi connectivity index (χ2n) is 4.45. The molecule has 0 aliphatic rings. The number of nitrogens with two attached hydrogens (primary N) is 1. The quantitative estimate of drug-likeness (QED) is 0.764. The standard InChI is InChI=1S/C14H24N2/c1-3-5-13-6-8-14(9-7-13)12-16(2)11-4-10-15/h6-9H,3-5,10-12,15H2,1-2H3. The molecule has 0 aliphatic heterocycles. The van der Waals surface area contributed by atoms with Crippen molar-refractivity contribution in [2.75, 3.05) is 20.1 Å². The van der Waals surface area contributed by atoms with Crippen molar-refractivity contribution in [1.29, 1.82) is 0 Å². The highest BCUT2D eigenvalue weighted by molar-refractivity contribution is 5.22. The van der Waals surface area contributed by atoms with Crippen molar-refractivity contribution >= 4 is 0 Å². The average molecular weight is 220 g/mol. The zero-order chi connectivity index (χ0) is 11.8. The summed E-state index contributed by atoms with van der Waals surface area (Å²) in [4.78, 5) is 2.32. The fraction of sp³-hybridized carbons (Fsp3) is 0.571. The van der Waals surface area contributed by atoms with E-state index < -0.39 is 0 Å². The molecule has 0 fully saturated rings. The first kappa shape index (κ1) is 13.2. The van der Waals surface area contributed by atoms with Gasteiger partial charge >= 0.3 is 0 Å². The number of nitrogens with zero attached hydrogens (tertiary/aromatic N) is 1. The molecule has 0 radical (unpaired) electrons. The lowest BCUT2D eigenvalue weighted by molar-refractivity contribution is 0.324. The first-order valence-electron chi connectivity index (χ1n) is 6.22. The Kier molecular flexibility index (Phi) is 6.12. The molecule has 0 aliphatic carbocycles. The summed E-state index contributed by atoms with van der Waals surface area (Å²) in [5.41, 5.74) is 8.33. The molecule has 0 atom stereocenters.